The molecule has 0 radical (unpaired) electrons. The summed E-state index contributed by atoms with van der Waals surface area (Å²) in [5.74, 6) is -0.0525. The predicted molar refractivity (Wildman–Crippen MR) is 65.8 cm³/mol. The van der Waals surface area contributed by atoms with E-state index in [-0.39, 0.29) is 11.6 Å². The van der Waals surface area contributed by atoms with Gasteiger partial charge in [-0.1, -0.05) is 0 Å². The molecule has 0 bridgehead atoms. The predicted octanol–water partition coefficient (Wildman–Crippen LogP) is 2.14. The van der Waals surface area contributed by atoms with Gasteiger partial charge in [0.1, 0.15) is 0 Å². The minimum atomic E-state index is -1.26. The van der Waals surface area contributed by atoms with Gasteiger partial charge < -0.3 is 5.11 Å². The number of nitrogens with zero attached hydrogens (tertiary/aromatic N) is 3. The Bertz CT molecular complexity index is 627. The molecule has 0 unspecified atom stereocenters. The van der Waals surface area contributed by atoms with Gasteiger partial charge in [-0.05, 0) is 18.2 Å². The number of nitro groups is 1. The second kappa shape index (κ2) is 5.08. The van der Waals surface area contributed by atoms with Crippen molar-refractivity contribution in [3.8, 4) is 11.3 Å². The van der Waals surface area contributed by atoms with Gasteiger partial charge in [-0.3, -0.25) is 15.4 Å². The zero-order valence-corrected chi connectivity index (χ0v) is 9.48. The van der Waals surface area contributed by atoms with Crippen LogP contribution in [0.3, 0.4) is 0 Å². The highest BCUT2D eigenvalue weighted by atomic mass is 16.6. The highest BCUT2D eigenvalue weighted by molar-refractivity contribution is 5.80. The van der Waals surface area contributed by atoms with Crippen molar-refractivity contribution in [2.75, 3.05) is 5.32 Å². The molecule has 8 heteroatoms. The standard InChI is InChI=1S/C11H8N4O4/c16-11(17)14-10-12-6-5-9(13-10)7-1-3-8(4-2-7)15(18)19/h1-6H,(H,16,17)(H,12,13,14). The Hall–Kier alpha value is -3.03. The third-order valence-electron chi connectivity index (χ3n) is 2.25. The lowest BCUT2D eigenvalue weighted by Crippen LogP contribution is -2.10. The van der Waals surface area contributed by atoms with Crippen LogP contribution in [0.25, 0.3) is 11.3 Å². The lowest BCUT2D eigenvalue weighted by atomic mass is 10.1. The topological polar surface area (TPSA) is 118 Å². The number of aromatic nitrogens is 2. The van der Waals surface area contributed by atoms with Crippen molar-refractivity contribution in [2.24, 2.45) is 0 Å². The monoisotopic (exact) mass is 260 g/mol. The maximum Gasteiger partial charge on any atom is 0.411 e. The first-order chi connectivity index (χ1) is 9.06. The molecule has 1 heterocycles. The first-order valence-corrected chi connectivity index (χ1v) is 5.14. The fraction of sp³-hybridized carbons (Fsp3) is 0. The second-order valence-corrected chi connectivity index (χ2v) is 3.50. The van der Waals surface area contributed by atoms with Gasteiger partial charge in [0.2, 0.25) is 5.95 Å². The van der Waals surface area contributed by atoms with Gasteiger partial charge in [0.05, 0.1) is 10.6 Å². The molecule has 0 fully saturated rings. The fourth-order valence-electron chi connectivity index (χ4n) is 1.43. The Balaban J connectivity index is 2.30. The molecule has 1 amide bonds. The van der Waals surface area contributed by atoms with Crippen LogP contribution in [0.4, 0.5) is 16.4 Å². The van der Waals surface area contributed by atoms with Crippen LogP contribution in [0.2, 0.25) is 0 Å². The molecule has 2 rings (SSSR count). The average Bonchev–Trinajstić information content (AvgIpc) is 2.38. The summed E-state index contributed by atoms with van der Waals surface area (Å²) >= 11 is 0. The number of anilines is 1. The quantitative estimate of drug-likeness (QED) is 0.644. The van der Waals surface area contributed by atoms with Gasteiger partial charge in [0, 0.05) is 23.9 Å². The van der Waals surface area contributed by atoms with E-state index in [9.17, 15) is 14.9 Å². The van der Waals surface area contributed by atoms with Crippen molar-refractivity contribution < 1.29 is 14.8 Å². The molecule has 0 saturated carbocycles. The van der Waals surface area contributed by atoms with Crippen molar-refractivity contribution in [3.63, 3.8) is 0 Å². The first kappa shape index (κ1) is 12.4. The number of rotatable bonds is 3. The summed E-state index contributed by atoms with van der Waals surface area (Å²) in [6, 6.07) is 7.34. The van der Waals surface area contributed by atoms with Crippen LogP contribution in [-0.4, -0.2) is 26.1 Å². The van der Waals surface area contributed by atoms with Crippen LogP contribution >= 0.6 is 0 Å². The minimum absolute atomic E-state index is 0.0262. The van der Waals surface area contributed by atoms with Gasteiger partial charge in [-0.2, -0.15) is 0 Å². The molecule has 0 spiro atoms. The van der Waals surface area contributed by atoms with Crippen molar-refractivity contribution >= 4 is 17.7 Å². The zero-order chi connectivity index (χ0) is 13.8. The summed E-state index contributed by atoms with van der Waals surface area (Å²) < 4.78 is 0. The molecule has 0 aliphatic carbocycles. The number of non-ortho nitro benzene ring substituents is 1. The number of amides is 1. The molecule has 96 valence electrons. The van der Waals surface area contributed by atoms with Gasteiger partial charge in [0.15, 0.2) is 0 Å². The van der Waals surface area contributed by atoms with Gasteiger partial charge in [-0.15, -0.1) is 0 Å². The summed E-state index contributed by atoms with van der Waals surface area (Å²) in [6.07, 6.45) is 0.135. The van der Waals surface area contributed by atoms with Crippen molar-refractivity contribution in [3.05, 3.63) is 46.6 Å². The summed E-state index contributed by atoms with van der Waals surface area (Å²) in [5.41, 5.74) is 1.07. The van der Waals surface area contributed by atoms with Crippen LogP contribution in [-0.2, 0) is 0 Å². The van der Waals surface area contributed by atoms with E-state index in [1.807, 2.05) is 5.32 Å². The van der Waals surface area contributed by atoms with Crippen molar-refractivity contribution in [1.29, 1.82) is 0 Å². The van der Waals surface area contributed by atoms with Crippen LogP contribution in [0.5, 0.6) is 0 Å². The van der Waals surface area contributed by atoms with Crippen LogP contribution < -0.4 is 5.32 Å². The third-order valence-corrected chi connectivity index (χ3v) is 2.25. The molecule has 19 heavy (non-hydrogen) atoms. The minimum Gasteiger partial charge on any atom is -0.465 e. The summed E-state index contributed by atoms with van der Waals surface area (Å²) in [7, 11) is 0. The molecule has 0 saturated heterocycles. The molecule has 1 aromatic heterocycles. The van der Waals surface area contributed by atoms with E-state index in [0.29, 0.717) is 11.3 Å². The van der Waals surface area contributed by atoms with Crippen molar-refractivity contribution in [1.82, 2.24) is 9.97 Å². The van der Waals surface area contributed by atoms with Crippen LogP contribution in [0.15, 0.2) is 36.5 Å². The van der Waals surface area contributed by atoms with E-state index >= 15 is 0 Å². The Morgan fingerprint density at radius 1 is 1.26 bits per heavy atom. The summed E-state index contributed by atoms with van der Waals surface area (Å²) in [4.78, 5) is 28.2. The second-order valence-electron chi connectivity index (χ2n) is 3.50. The number of benzene rings is 1. The van der Waals surface area contributed by atoms with E-state index in [1.165, 1.54) is 30.5 Å². The molecule has 1 aromatic carbocycles. The lowest BCUT2D eigenvalue weighted by Gasteiger charge is -2.03. The van der Waals surface area contributed by atoms with Gasteiger partial charge in [-0.25, -0.2) is 14.8 Å². The highest BCUT2D eigenvalue weighted by Gasteiger charge is 2.07. The summed E-state index contributed by atoms with van der Waals surface area (Å²) in [6.45, 7) is 0. The third kappa shape index (κ3) is 3.00. The molecular weight excluding hydrogens is 252 g/mol. The number of carboxylic acid groups (broad SMARTS) is 1. The van der Waals surface area contributed by atoms with Gasteiger partial charge >= 0.3 is 6.09 Å². The molecule has 0 aliphatic heterocycles. The number of hydrogen-bond acceptors (Lipinski definition) is 5. The largest absolute Gasteiger partial charge is 0.465 e. The van der Waals surface area contributed by atoms with Crippen molar-refractivity contribution in [2.45, 2.75) is 0 Å². The zero-order valence-electron chi connectivity index (χ0n) is 9.48. The smallest absolute Gasteiger partial charge is 0.411 e. The lowest BCUT2D eigenvalue weighted by molar-refractivity contribution is -0.384. The van der Waals surface area contributed by atoms with Crippen LogP contribution in [0, 0.1) is 10.1 Å². The number of nitro benzene ring substituents is 1. The van der Waals surface area contributed by atoms with E-state index < -0.39 is 11.0 Å². The first-order valence-electron chi connectivity index (χ1n) is 5.14. The molecule has 2 N–H and O–H groups in total. The maximum atomic E-state index is 10.5. The fourth-order valence-corrected chi connectivity index (χ4v) is 1.43. The Labute approximate surface area is 106 Å². The number of carbonyl (C=O) groups is 1. The molecule has 2 aromatic rings. The molecule has 0 aliphatic rings. The van der Waals surface area contributed by atoms with E-state index in [2.05, 4.69) is 9.97 Å². The van der Waals surface area contributed by atoms with E-state index in [4.69, 9.17) is 5.11 Å². The normalized spacial score (nSPS) is 9.89. The van der Waals surface area contributed by atoms with E-state index in [0.717, 1.165) is 0 Å². The highest BCUT2D eigenvalue weighted by Crippen LogP contribution is 2.21. The Morgan fingerprint density at radius 2 is 1.95 bits per heavy atom. The number of hydrogen-bond donors (Lipinski definition) is 2. The molecule has 8 nitrogen and oxygen atoms in total. The van der Waals surface area contributed by atoms with Crippen LogP contribution in [0.1, 0.15) is 0 Å². The molecular formula is C11H8N4O4. The Morgan fingerprint density at radius 3 is 2.53 bits per heavy atom. The summed E-state index contributed by atoms with van der Waals surface area (Å²) in [5, 5.41) is 21.1. The number of nitrogens with one attached hydrogen (secondary N) is 1. The SMILES string of the molecule is O=C(O)Nc1nccc(-c2ccc([N+](=O)[O-])cc2)n1. The molecule has 0 atom stereocenters. The van der Waals surface area contributed by atoms with Gasteiger partial charge in [0.25, 0.3) is 5.69 Å². The maximum absolute atomic E-state index is 10.5. The van der Waals surface area contributed by atoms with E-state index in [1.54, 1.807) is 6.07 Å². The average molecular weight is 260 g/mol. The Kier molecular flexibility index (Phi) is 3.33.